The second kappa shape index (κ2) is 8.86. The molecule has 2 heterocycles. The first-order chi connectivity index (χ1) is 13.9. The number of aromatic nitrogens is 1. The Hall–Kier alpha value is -2.55. The minimum atomic E-state index is -1.11. The highest BCUT2D eigenvalue weighted by molar-refractivity contribution is 6.31. The molecule has 1 fully saturated rings. The highest BCUT2D eigenvalue weighted by atomic mass is 35.5. The van der Waals surface area contributed by atoms with Crippen LogP contribution in [0.1, 0.15) is 12.0 Å². The van der Waals surface area contributed by atoms with Crippen molar-refractivity contribution in [1.82, 2.24) is 15.2 Å². The number of rotatable bonds is 6. The van der Waals surface area contributed by atoms with Crippen LogP contribution in [-0.4, -0.2) is 49.4 Å². The van der Waals surface area contributed by atoms with Crippen LogP contribution in [-0.2, 0) is 15.1 Å². The largest absolute Gasteiger partial charge is 0.456 e. The van der Waals surface area contributed by atoms with E-state index in [1.807, 2.05) is 0 Å². The predicted molar refractivity (Wildman–Crippen MR) is 107 cm³/mol. The predicted octanol–water partition coefficient (Wildman–Crippen LogP) is 3.18. The maximum absolute atomic E-state index is 15.0. The normalized spacial score (nSPS) is 21.4. The van der Waals surface area contributed by atoms with Gasteiger partial charge < -0.3 is 19.7 Å². The molecule has 2 aromatic rings. The molecule has 154 valence electrons. The van der Waals surface area contributed by atoms with Gasteiger partial charge in [-0.05, 0) is 31.7 Å². The zero-order valence-electron chi connectivity index (χ0n) is 16.1. The SMILES string of the molecule is CN[C@@]1(c2cc(Oc3ccncc3Cl)ccc2F)COCC[C@H]1C(=O)N(C)C=N. The third-order valence-corrected chi connectivity index (χ3v) is 5.43. The first kappa shape index (κ1) is 21.2. The zero-order chi connectivity index (χ0) is 21.0. The number of likely N-dealkylation sites (N-methyl/N-ethyl adjacent to an activating group) is 1. The van der Waals surface area contributed by atoms with Crippen molar-refractivity contribution in [1.29, 1.82) is 5.41 Å². The molecule has 0 unspecified atom stereocenters. The lowest BCUT2D eigenvalue weighted by atomic mass is 9.74. The fourth-order valence-corrected chi connectivity index (χ4v) is 3.71. The van der Waals surface area contributed by atoms with Crippen LogP contribution in [0.5, 0.6) is 11.5 Å². The van der Waals surface area contributed by atoms with Gasteiger partial charge in [0.1, 0.15) is 22.3 Å². The van der Waals surface area contributed by atoms with E-state index in [0.29, 0.717) is 29.5 Å². The quantitative estimate of drug-likeness (QED) is 0.553. The van der Waals surface area contributed by atoms with E-state index in [1.165, 1.54) is 36.5 Å². The molecular formula is C20H22ClFN4O3. The fourth-order valence-electron chi connectivity index (χ4n) is 3.55. The topological polar surface area (TPSA) is 87.5 Å². The summed E-state index contributed by atoms with van der Waals surface area (Å²) in [5.41, 5.74) is -0.864. The van der Waals surface area contributed by atoms with Crippen molar-refractivity contribution in [2.45, 2.75) is 12.0 Å². The Morgan fingerprint density at radius 3 is 3.00 bits per heavy atom. The molecule has 29 heavy (non-hydrogen) atoms. The fraction of sp³-hybridized carbons (Fsp3) is 0.350. The molecule has 0 aliphatic carbocycles. The van der Waals surface area contributed by atoms with Crippen LogP contribution >= 0.6 is 11.6 Å². The number of halogens is 2. The third kappa shape index (κ3) is 4.10. The van der Waals surface area contributed by atoms with Gasteiger partial charge in [-0.15, -0.1) is 0 Å². The van der Waals surface area contributed by atoms with E-state index in [-0.39, 0.29) is 18.1 Å². The van der Waals surface area contributed by atoms with Crippen LogP contribution in [0, 0.1) is 17.1 Å². The summed E-state index contributed by atoms with van der Waals surface area (Å²) in [5, 5.41) is 10.8. The van der Waals surface area contributed by atoms with Crippen molar-refractivity contribution in [2.75, 3.05) is 27.3 Å². The number of ether oxygens (including phenoxy) is 2. The van der Waals surface area contributed by atoms with Gasteiger partial charge in [0, 0.05) is 37.7 Å². The van der Waals surface area contributed by atoms with Gasteiger partial charge in [0.25, 0.3) is 0 Å². The molecule has 9 heteroatoms. The smallest absolute Gasteiger partial charge is 0.232 e. The summed E-state index contributed by atoms with van der Waals surface area (Å²) >= 11 is 6.10. The summed E-state index contributed by atoms with van der Waals surface area (Å²) in [6.07, 6.45) is 4.32. The van der Waals surface area contributed by atoms with Crippen LogP contribution in [0.25, 0.3) is 0 Å². The summed E-state index contributed by atoms with van der Waals surface area (Å²) in [6, 6.07) is 5.93. The molecule has 3 rings (SSSR count). The van der Waals surface area contributed by atoms with E-state index in [4.69, 9.17) is 26.5 Å². The Labute approximate surface area is 173 Å². The van der Waals surface area contributed by atoms with E-state index in [1.54, 1.807) is 19.2 Å². The number of amides is 1. The minimum Gasteiger partial charge on any atom is -0.456 e. The van der Waals surface area contributed by atoms with Crippen molar-refractivity contribution >= 4 is 23.8 Å². The summed E-state index contributed by atoms with van der Waals surface area (Å²) in [5.74, 6) is -0.661. The first-order valence-electron chi connectivity index (χ1n) is 9.04. The van der Waals surface area contributed by atoms with Crippen molar-refractivity contribution in [2.24, 2.45) is 5.92 Å². The molecule has 0 spiro atoms. The van der Waals surface area contributed by atoms with Gasteiger partial charge >= 0.3 is 0 Å². The van der Waals surface area contributed by atoms with Crippen LogP contribution in [0.15, 0.2) is 36.7 Å². The Balaban J connectivity index is 2.04. The maximum Gasteiger partial charge on any atom is 0.232 e. The molecule has 7 nitrogen and oxygen atoms in total. The molecule has 2 atom stereocenters. The Morgan fingerprint density at radius 2 is 2.31 bits per heavy atom. The average Bonchev–Trinajstić information content (AvgIpc) is 2.75. The molecule has 1 amide bonds. The summed E-state index contributed by atoms with van der Waals surface area (Å²) < 4.78 is 26.4. The molecule has 0 radical (unpaired) electrons. The lowest BCUT2D eigenvalue weighted by Gasteiger charge is -2.44. The lowest BCUT2D eigenvalue weighted by molar-refractivity contribution is -0.140. The molecule has 2 N–H and O–H groups in total. The molecule has 1 aromatic carbocycles. The number of hydrogen-bond acceptors (Lipinski definition) is 6. The van der Waals surface area contributed by atoms with Crippen LogP contribution in [0.3, 0.4) is 0 Å². The molecule has 1 aromatic heterocycles. The van der Waals surface area contributed by atoms with Crippen molar-refractivity contribution in [3.8, 4) is 11.5 Å². The van der Waals surface area contributed by atoms with Crippen molar-refractivity contribution in [3.05, 3.63) is 53.1 Å². The Kier molecular flexibility index (Phi) is 6.46. The van der Waals surface area contributed by atoms with Crippen molar-refractivity contribution < 1.29 is 18.7 Å². The van der Waals surface area contributed by atoms with Gasteiger partial charge in [-0.3, -0.25) is 15.2 Å². The number of benzene rings is 1. The Morgan fingerprint density at radius 1 is 1.52 bits per heavy atom. The number of nitrogens with one attached hydrogen (secondary N) is 2. The molecule has 0 bridgehead atoms. The Bertz CT molecular complexity index is 913. The standard InChI is InChI=1S/C20H22ClFN4O3/c1-24-20(11-28-8-6-14(20)19(27)26(2)12-23)15-9-13(3-4-17(15)22)29-18-5-7-25-10-16(18)21/h3-5,7,9-10,12,14,23-24H,6,8,11H2,1-2H3/t14-,20-/m0/s1. The number of carbonyl (C=O) groups excluding carboxylic acids is 1. The van der Waals surface area contributed by atoms with Gasteiger partial charge in [-0.2, -0.15) is 0 Å². The monoisotopic (exact) mass is 420 g/mol. The molecule has 0 saturated carbocycles. The van der Waals surface area contributed by atoms with E-state index in [9.17, 15) is 9.18 Å². The third-order valence-electron chi connectivity index (χ3n) is 5.14. The van der Waals surface area contributed by atoms with Gasteiger partial charge in [-0.25, -0.2) is 4.39 Å². The lowest BCUT2D eigenvalue weighted by Crippen LogP contribution is -2.58. The van der Waals surface area contributed by atoms with Gasteiger partial charge in [0.15, 0.2) is 0 Å². The van der Waals surface area contributed by atoms with Gasteiger partial charge in [-0.1, -0.05) is 11.6 Å². The number of carbonyl (C=O) groups is 1. The van der Waals surface area contributed by atoms with Crippen LogP contribution in [0.2, 0.25) is 5.02 Å². The van der Waals surface area contributed by atoms with E-state index >= 15 is 0 Å². The first-order valence-corrected chi connectivity index (χ1v) is 9.42. The molecular weight excluding hydrogens is 399 g/mol. The van der Waals surface area contributed by atoms with E-state index in [2.05, 4.69) is 10.3 Å². The van der Waals surface area contributed by atoms with E-state index < -0.39 is 17.3 Å². The van der Waals surface area contributed by atoms with Crippen LogP contribution in [0.4, 0.5) is 4.39 Å². The second-order valence-electron chi connectivity index (χ2n) is 6.74. The zero-order valence-corrected chi connectivity index (χ0v) is 16.9. The second-order valence-corrected chi connectivity index (χ2v) is 7.15. The molecule has 1 aliphatic rings. The highest BCUT2D eigenvalue weighted by Crippen LogP contribution is 2.40. The number of hydrogen-bond donors (Lipinski definition) is 2. The number of nitrogens with zero attached hydrogens (tertiary/aromatic N) is 2. The maximum atomic E-state index is 15.0. The van der Waals surface area contributed by atoms with E-state index in [0.717, 1.165) is 6.34 Å². The summed E-state index contributed by atoms with van der Waals surface area (Å²) in [7, 11) is 3.17. The highest BCUT2D eigenvalue weighted by Gasteiger charge is 2.48. The summed E-state index contributed by atoms with van der Waals surface area (Å²) in [4.78, 5) is 18.0. The average molecular weight is 421 g/mol. The minimum absolute atomic E-state index is 0.0993. The number of pyridine rings is 1. The summed E-state index contributed by atoms with van der Waals surface area (Å²) in [6.45, 7) is 0.470. The molecule has 1 saturated heterocycles. The van der Waals surface area contributed by atoms with Crippen molar-refractivity contribution in [3.63, 3.8) is 0 Å². The van der Waals surface area contributed by atoms with Gasteiger partial charge in [0.05, 0.1) is 24.4 Å². The van der Waals surface area contributed by atoms with Gasteiger partial charge in [0.2, 0.25) is 5.91 Å². The van der Waals surface area contributed by atoms with Crippen LogP contribution < -0.4 is 10.1 Å². The molecule has 1 aliphatic heterocycles.